The lowest BCUT2D eigenvalue weighted by molar-refractivity contribution is -0.153. The predicted octanol–water partition coefficient (Wildman–Crippen LogP) is 8.35. The van der Waals surface area contributed by atoms with Gasteiger partial charge in [0.2, 0.25) is 5.88 Å². The lowest BCUT2D eigenvalue weighted by Crippen LogP contribution is -2.53. The number of fused-ring (bicyclic) bond motifs is 1. The monoisotopic (exact) mass is 791 g/mol. The third kappa shape index (κ3) is 9.80. The number of benzene rings is 3. The molecule has 55 heavy (non-hydrogen) atoms. The fraction of sp³-hybridized carbons (Fsp3) is 0.289. The second-order valence-electron chi connectivity index (χ2n) is 12.8. The number of methoxy groups -OCH3 is 1. The van der Waals surface area contributed by atoms with Gasteiger partial charge < -0.3 is 29.0 Å². The summed E-state index contributed by atoms with van der Waals surface area (Å²) in [6, 6.07) is 19.4. The third-order valence-corrected chi connectivity index (χ3v) is 8.99. The number of hydrogen-bond donors (Lipinski definition) is 1. The number of aromatic nitrogens is 2. The average Bonchev–Trinajstić information content (AvgIpc) is 3.46. The van der Waals surface area contributed by atoms with Crippen molar-refractivity contribution >= 4 is 40.8 Å². The number of halogens is 7. The van der Waals surface area contributed by atoms with Gasteiger partial charge in [-0.1, -0.05) is 12.1 Å². The summed E-state index contributed by atoms with van der Waals surface area (Å²) in [4.78, 5) is 34.8. The molecule has 3 heterocycles. The first-order valence-corrected chi connectivity index (χ1v) is 16.7. The van der Waals surface area contributed by atoms with Crippen LogP contribution in [0.2, 0.25) is 0 Å². The number of rotatable bonds is 10. The number of aryl methyl sites for hydroxylation is 1. The van der Waals surface area contributed by atoms with Gasteiger partial charge >= 0.3 is 12.4 Å². The van der Waals surface area contributed by atoms with Crippen molar-refractivity contribution in [2.24, 2.45) is 7.05 Å². The van der Waals surface area contributed by atoms with Gasteiger partial charge in [0, 0.05) is 56.8 Å². The van der Waals surface area contributed by atoms with E-state index in [0.717, 1.165) is 34.7 Å². The number of hydrogen-bond acceptors (Lipinski definition) is 7. The molecule has 0 unspecified atom stereocenters. The van der Waals surface area contributed by atoms with E-state index in [0.29, 0.717) is 37.6 Å². The number of ether oxygens (including phenoxy) is 3. The first kappa shape index (κ1) is 40.7. The minimum absolute atomic E-state index is 0. The summed E-state index contributed by atoms with van der Waals surface area (Å²) in [5, 5.41) is 3.41. The molecule has 1 aliphatic heterocycles. The second kappa shape index (κ2) is 16.5. The van der Waals surface area contributed by atoms with Crippen molar-refractivity contribution in [1.82, 2.24) is 19.4 Å². The van der Waals surface area contributed by atoms with Crippen molar-refractivity contribution in [1.29, 1.82) is 0 Å². The van der Waals surface area contributed by atoms with Crippen molar-refractivity contribution in [2.75, 3.05) is 38.7 Å². The molecular weight excluding hydrogens is 756 g/mol. The van der Waals surface area contributed by atoms with E-state index in [1.165, 1.54) is 37.6 Å². The topological polar surface area (TPSA) is 98.2 Å². The molecule has 1 aliphatic rings. The Bertz CT molecular complexity index is 2140. The van der Waals surface area contributed by atoms with E-state index in [-0.39, 0.29) is 53.0 Å². The van der Waals surface area contributed by atoms with Gasteiger partial charge in [0.1, 0.15) is 22.9 Å². The van der Waals surface area contributed by atoms with Crippen molar-refractivity contribution in [3.8, 4) is 23.1 Å². The van der Waals surface area contributed by atoms with Gasteiger partial charge in [0.15, 0.2) is 6.61 Å². The molecule has 0 aliphatic carbocycles. The van der Waals surface area contributed by atoms with Crippen LogP contribution in [0, 0.1) is 0 Å². The summed E-state index contributed by atoms with van der Waals surface area (Å²) in [6.07, 6.45) is -7.65. The van der Waals surface area contributed by atoms with Gasteiger partial charge in [-0.25, -0.2) is 4.98 Å². The number of amides is 2. The number of nitrogens with one attached hydrogen (secondary N) is 1. The van der Waals surface area contributed by atoms with Gasteiger partial charge in [0.25, 0.3) is 11.8 Å². The van der Waals surface area contributed by atoms with E-state index >= 15 is 0 Å². The summed E-state index contributed by atoms with van der Waals surface area (Å²) in [5.74, 6) is -0.230. The minimum atomic E-state index is -4.59. The maximum Gasteiger partial charge on any atom is 0.422 e. The highest BCUT2D eigenvalue weighted by molar-refractivity contribution is 6.06. The number of nitrogens with zero attached hydrogens (tertiary/aromatic N) is 4. The highest BCUT2D eigenvalue weighted by Crippen LogP contribution is 2.34. The lowest BCUT2D eigenvalue weighted by Gasteiger charge is -2.40. The van der Waals surface area contributed by atoms with Gasteiger partial charge in [0.05, 0.1) is 35.6 Å². The number of piperazine rings is 1. The van der Waals surface area contributed by atoms with Crippen LogP contribution in [0.4, 0.5) is 32.0 Å². The number of carbonyl (C=O) groups excluding carboxylic acids is 2. The quantitative estimate of drug-likeness (QED) is 0.142. The zero-order valence-corrected chi connectivity index (χ0v) is 30.5. The molecule has 0 radical (unpaired) electrons. The van der Waals surface area contributed by atoms with Crippen molar-refractivity contribution in [3.05, 3.63) is 107 Å². The second-order valence-corrected chi connectivity index (χ2v) is 12.8. The Morgan fingerprint density at radius 1 is 0.909 bits per heavy atom. The summed E-state index contributed by atoms with van der Waals surface area (Å²) < 4.78 is 94.1. The Morgan fingerprint density at radius 2 is 1.64 bits per heavy atom. The zero-order chi connectivity index (χ0) is 38.8. The standard InChI is InChI=1S/C38H35F6N5O5.ClH/c1-23-20-49(15-14-48(23)21-24-4-9-28(10-5-24)53-22-37(39,40)41)36(51)32-16-25-6-11-29(18-31(25)47(32)2)54-34-13-8-27(19-45-34)46-35(50)30-12-7-26(38(42,43)44)17-33(30)52-3;/h4-13,16-19,23H,14-15,20-22H2,1-3H3,(H,46,50);1H/t23-;/m0./s1. The van der Waals surface area contributed by atoms with Crippen LogP contribution in [-0.4, -0.2) is 76.7 Å². The Labute approximate surface area is 318 Å². The van der Waals surface area contributed by atoms with E-state index in [1.54, 1.807) is 40.8 Å². The van der Waals surface area contributed by atoms with Gasteiger partial charge in [-0.15, -0.1) is 12.4 Å². The molecule has 10 nitrogen and oxygen atoms in total. The molecule has 1 atom stereocenters. The highest BCUT2D eigenvalue weighted by atomic mass is 35.5. The smallest absolute Gasteiger partial charge is 0.422 e. The summed E-state index contributed by atoms with van der Waals surface area (Å²) >= 11 is 0. The van der Waals surface area contributed by atoms with E-state index in [9.17, 15) is 35.9 Å². The predicted molar refractivity (Wildman–Crippen MR) is 194 cm³/mol. The lowest BCUT2D eigenvalue weighted by atomic mass is 10.1. The normalized spacial score (nSPS) is 15.0. The molecular formula is C38H36ClF6N5O5. The van der Waals surface area contributed by atoms with Crippen LogP contribution in [0.15, 0.2) is 85.1 Å². The molecule has 1 N–H and O–H groups in total. The van der Waals surface area contributed by atoms with Crippen LogP contribution in [0.25, 0.3) is 10.9 Å². The Kier molecular flexibility index (Phi) is 12.2. The molecule has 0 spiro atoms. The van der Waals surface area contributed by atoms with Gasteiger partial charge in [-0.3, -0.25) is 14.5 Å². The first-order chi connectivity index (χ1) is 25.6. The number of pyridine rings is 1. The molecule has 0 bridgehead atoms. The summed E-state index contributed by atoms with van der Waals surface area (Å²) in [5.41, 5.74) is 1.42. The Morgan fingerprint density at radius 3 is 2.27 bits per heavy atom. The molecule has 3 aromatic carbocycles. The van der Waals surface area contributed by atoms with Crippen molar-refractivity contribution in [2.45, 2.75) is 31.9 Å². The number of anilines is 1. The molecule has 0 saturated carbocycles. The Balaban J connectivity index is 0.00000580. The van der Waals surface area contributed by atoms with E-state index in [1.807, 2.05) is 19.1 Å². The van der Waals surface area contributed by atoms with E-state index < -0.39 is 30.4 Å². The Hall–Kier alpha value is -5.48. The third-order valence-electron chi connectivity index (χ3n) is 8.99. The minimum Gasteiger partial charge on any atom is -0.496 e. The van der Waals surface area contributed by atoms with Crippen LogP contribution in [-0.2, 0) is 19.8 Å². The van der Waals surface area contributed by atoms with Gasteiger partial charge in [-0.05, 0) is 67.1 Å². The molecule has 1 saturated heterocycles. The summed E-state index contributed by atoms with van der Waals surface area (Å²) in [6.45, 7) is 2.84. The van der Waals surface area contributed by atoms with Crippen molar-refractivity contribution < 1.29 is 50.1 Å². The molecule has 2 amide bonds. The molecule has 2 aromatic heterocycles. The maximum atomic E-state index is 13.7. The highest BCUT2D eigenvalue weighted by Gasteiger charge is 2.32. The molecule has 5 aromatic rings. The largest absolute Gasteiger partial charge is 0.496 e. The SMILES string of the molecule is COc1cc(C(F)(F)F)ccc1C(=O)Nc1ccc(Oc2ccc3cc(C(=O)N4CCN(Cc5ccc(OCC(F)(F)F)cc5)[C@@H](C)C4)n(C)c3c2)nc1.Cl. The van der Waals surface area contributed by atoms with E-state index in [2.05, 4.69) is 15.2 Å². The van der Waals surface area contributed by atoms with E-state index in [4.69, 9.17) is 14.2 Å². The van der Waals surface area contributed by atoms with Gasteiger partial charge in [-0.2, -0.15) is 26.3 Å². The van der Waals surface area contributed by atoms with Crippen molar-refractivity contribution in [3.63, 3.8) is 0 Å². The van der Waals surface area contributed by atoms with Crippen LogP contribution in [0.5, 0.6) is 23.1 Å². The number of alkyl halides is 6. The van der Waals surface area contributed by atoms with Crippen LogP contribution >= 0.6 is 12.4 Å². The summed E-state index contributed by atoms with van der Waals surface area (Å²) in [7, 11) is 2.97. The van der Waals surface area contributed by atoms with Crippen LogP contribution in [0.3, 0.4) is 0 Å². The number of carbonyl (C=O) groups is 2. The molecule has 17 heteroatoms. The maximum absolute atomic E-state index is 13.7. The fourth-order valence-corrected chi connectivity index (χ4v) is 6.13. The molecule has 1 fully saturated rings. The molecule has 6 rings (SSSR count). The zero-order valence-electron chi connectivity index (χ0n) is 29.7. The first-order valence-electron chi connectivity index (χ1n) is 16.7. The average molecular weight is 792 g/mol. The fourth-order valence-electron chi connectivity index (χ4n) is 6.13. The molecule has 292 valence electrons. The van der Waals surface area contributed by atoms with Crippen LogP contribution in [0.1, 0.15) is 38.9 Å². The van der Waals surface area contributed by atoms with Crippen LogP contribution < -0.4 is 19.5 Å².